The number of fused-ring (bicyclic) bond motifs is 4. The van der Waals surface area contributed by atoms with Gasteiger partial charge in [-0.2, -0.15) is 4.31 Å². The molecule has 2 aliphatic rings. The maximum atomic E-state index is 13.3. The van der Waals surface area contributed by atoms with Gasteiger partial charge < -0.3 is 24.8 Å². The first-order valence-corrected chi connectivity index (χ1v) is 25.5. The van der Waals surface area contributed by atoms with Crippen molar-refractivity contribution in [2.45, 2.75) is 34.6 Å². The third-order valence-electron chi connectivity index (χ3n) is 10.4. The lowest BCUT2D eigenvalue weighted by Gasteiger charge is -2.14. The number of thiophene rings is 2. The number of hydrogen-bond acceptors (Lipinski definition) is 19. The Kier molecular flexibility index (Phi) is 12.2. The average Bonchev–Trinajstić information content (AvgIpc) is 4.19. The average molecular weight is 990 g/mol. The van der Waals surface area contributed by atoms with Crippen molar-refractivity contribution in [1.82, 2.24) is 49.5 Å². The van der Waals surface area contributed by atoms with Gasteiger partial charge in [-0.3, -0.25) is 9.97 Å². The van der Waals surface area contributed by atoms with E-state index in [1.54, 1.807) is 36.9 Å². The molecule has 0 atom stereocenters. The minimum absolute atomic E-state index is 0.102. The zero-order valence-corrected chi connectivity index (χ0v) is 38.5. The normalized spacial score (nSPS) is 13.3. The molecule has 0 spiro atoms. The van der Waals surface area contributed by atoms with E-state index in [9.17, 15) is 16.8 Å². The quantitative estimate of drug-likeness (QED) is 0.114. The molecule has 10 heterocycles. The smallest absolute Gasteiger partial charge is 0.270 e. The molecule has 18 nitrogen and oxygen atoms in total. The van der Waals surface area contributed by atoms with E-state index in [-0.39, 0.29) is 21.5 Å². The zero-order chi connectivity index (χ0) is 46.0. The first-order chi connectivity index (χ1) is 32.5. The summed E-state index contributed by atoms with van der Waals surface area (Å²) in [7, 11) is -2.19. The number of nitrogens with one attached hydrogen (secondary N) is 3. The van der Waals surface area contributed by atoms with Crippen molar-refractivity contribution in [2.24, 2.45) is 0 Å². The van der Waals surface area contributed by atoms with Crippen LogP contribution in [-0.2, 0) is 45.3 Å². The van der Waals surface area contributed by atoms with Crippen LogP contribution in [0.2, 0.25) is 0 Å². The summed E-state index contributed by atoms with van der Waals surface area (Å²) in [6.07, 6.45) is 12.3. The zero-order valence-electron chi connectivity index (χ0n) is 34.5. The van der Waals surface area contributed by atoms with E-state index < -0.39 is 19.1 Å². The lowest BCUT2D eigenvalue weighted by Crippen LogP contribution is -2.25. The maximum Gasteiger partial charge on any atom is 0.270 e. The van der Waals surface area contributed by atoms with E-state index in [0.29, 0.717) is 32.8 Å². The molecule has 10 aromatic rings. The molecule has 23 heteroatoms. The van der Waals surface area contributed by atoms with Gasteiger partial charge in [0.25, 0.3) is 19.1 Å². The van der Waals surface area contributed by atoms with Gasteiger partial charge in [-0.15, -0.1) is 22.7 Å². The molecule has 0 unspecified atom stereocenters. The molecule has 2 aromatic carbocycles. The van der Waals surface area contributed by atoms with Crippen molar-refractivity contribution < 1.29 is 25.7 Å². The molecule has 2 aliphatic heterocycles. The second kappa shape index (κ2) is 18.7. The van der Waals surface area contributed by atoms with E-state index in [1.165, 1.54) is 35.7 Å². The summed E-state index contributed by atoms with van der Waals surface area (Å²) in [6.45, 7) is 1.97. The Morgan fingerprint density at radius 3 is 1.72 bits per heavy atom. The first-order valence-electron chi connectivity index (χ1n) is 20.1. The molecule has 67 heavy (non-hydrogen) atoms. The van der Waals surface area contributed by atoms with Gasteiger partial charge >= 0.3 is 0 Å². The number of hydrogen-bond donors (Lipinski definition) is 3. The molecule has 0 saturated heterocycles. The molecule has 12 rings (SSSR count). The van der Waals surface area contributed by atoms with Gasteiger partial charge in [0, 0.05) is 52.2 Å². The molecule has 0 amide bonds. The van der Waals surface area contributed by atoms with E-state index in [2.05, 4.69) is 68.0 Å². The minimum Gasteiger partial charge on any atom is -0.443 e. The molecule has 0 aliphatic carbocycles. The second-order valence-electron chi connectivity index (χ2n) is 14.7. The van der Waals surface area contributed by atoms with Crippen molar-refractivity contribution in [1.29, 1.82) is 0 Å². The van der Waals surface area contributed by atoms with Gasteiger partial charge in [0.1, 0.15) is 32.7 Å². The van der Waals surface area contributed by atoms with Crippen LogP contribution < -0.4 is 16.0 Å². The SMILES string of the molecule is O=S(=O)(Cl)c1ccc(-c2cnco2)s1.O=S(=O)(c1ccc(-c2cnco2)s1)N1Cc2ncnc(Nc3cnc4ccccc4c3)c2C1.c1ccc2ncc(Nc3ncnc4c3CNC4)cc2c1. The fraction of sp³-hybridized carbons (Fsp3) is 0.0909. The summed E-state index contributed by atoms with van der Waals surface area (Å²) < 4.78 is 60.6. The molecule has 336 valence electrons. The number of para-hydroxylation sites is 2. The fourth-order valence-corrected chi connectivity index (χ4v) is 12.0. The Morgan fingerprint density at radius 1 is 0.597 bits per heavy atom. The van der Waals surface area contributed by atoms with Gasteiger partial charge in [0.05, 0.1) is 74.9 Å². The summed E-state index contributed by atoms with van der Waals surface area (Å²) in [4.78, 5) is 35.2. The third-order valence-corrected chi connectivity index (χ3v) is 16.9. The largest absolute Gasteiger partial charge is 0.443 e. The highest BCUT2D eigenvalue weighted by Gasteiger charge is 2.34. The van der Waals surface area contributed by atoms with Crippen LogP contribution >= 0.6 is 33.4 Å². The van der Waals surface area contributed by atoms with Crippen LogP contribution in [0.15, 0.2) is 152 Å². The van der Waals surface area contributed by atoms with Gasteiger partial charge in [0.2, 0.25) is 0 Å². The molecule has 3 N–H and O–H groups in total. The van der Waals surface area contributed by atoms with Crippen LogP contribution in [0.4, 0.5) is 23.0 Å². The number of benzene rings is 2. The number of oxazole rings is 2. The van der Waals surface area contributed by atoms with Crippen LogP contribution in [0, 0.1) is 0 Å². The number of pyridine rings is 2. The highest BCUT2D eigenvalue weighted by Crippen LogP contribution is 2.37. The van der Waals surface area contributed by atoms with Crippen LogP contribution in [0.1, 0.15) is 22.5 Å². The van der Waals surface area contributed by atoms with Crippen molar-refractivity contribution in [3.05, 3.63) is 158 Å². The first kappa shape index (κ1) is 43.8. The van der Waals surface area contributed by atoms with Crippen LogP contribution in [-0.4, -0.2) is 61.0 Å². The summed E-state index contributed by atoms with van der Waals surface area (Å²) in [5.41, 5.74) is 7.24. The molecule has 8 aromatic heterocycles. The van der Waals surface area contributed by atoms with Gasteiger partial charge in [-0.25, -0.2) is 46.7 Å². The molecule has 0 saturated carbocycles. The monoisotopic (exact) mass is 988 g/mol. The fourth-order valence-electron chi connectivity index (χ4n) is 7.16. The van der Waals surface area contributed by atoms with Crippen molar-refractivity contribution >= 4 is 97.2 Å². The predicted octanol–water partition coefficient (Wildman–Crippen LogP) is 8.89. The lowest BCUT2D eigenvalue weighted by molar-refractivity contribution is 0.431. The summed E-state index contributed by atoms with van der Waals surface area (Å²) >= 11 is 2.19. The number of halogens is 1. The molecular formula is C44H33ClN12O6S4. The van der Waals surface area contributed by atoms with Crippen molar-refractivity contribution in [3.63, 3.8) is 0 Å². The van der Waals surface area contributed by atoms with E-state index >= 15 is 0 Å². The van der Waals surface area contributed by atoms with Crippen molar-refractivity contribution in [2.75, 3.05) is 10.6 Å². The van der Waals surface area contributed by atoms with Crippen LogP contribution in [0.5, 0.6) is 0 Å². The van der Waals surface area contributed by atoms with E-state index in [4.69, 9.17) is 19.5 Å². The van der Waals surface area contributed by atoms with E-state index in [1.807, 2.05) is 54.7 Å². The van der Waals surface area contributed by atoms with Gasteiger partial charge in [0.15, 0.2) is 24.3 Å². The molecular weight excluding hydrogens is 956 g/mol. The van der Waals surface area contributed by atoms with Crippen molar-refractivity contribution in [3.8, 4) is 21.3 Å². The Balaban J connectivity index is 0.000000131. The number of aromatic nitrogens is 8. The maximum absolute atomic E-state index is 13.3. The minimum atomic E-state index is -3.71. The molecule has 0 radical (unpaired) electrons. The Labute approximate surface area is 394 Å². The Bertz CT molecular complexity index is 3610. The Morgan fingerprint density at radius 2 is 1.15 bits per heavy atom. The number of nitrogens with zero attached hydrogens (tertiary/aromatic N) is 9. The summed E-state index contributed by atoms with van der Waals surface area (Å²) in [6, 6.07) is 26.3. The van der Waals surface area contributed by atoms with E-state index in [0.717, 1.165) is 91.6 Å². The van der Waals surface area contributed by atoms with Gasteiger partial charge in [-0.05, 0) is 48.5 Å². The lowest BCUT2D eigenvalue weighted by atomic mass is 10.2. The van der Waals surface area contributed by atoms with Gasteiger partial charge in [-0.1, -0.05) is 36.4 Å². The third kappa shape index (κ3) is 9.62. The number of rotatable bonds is 9. The highest BCUT2D eigenvalue weighted by atomic mass is 35.7. The molecule has 0 fully saturated rings. The van der Waals surface area contributed by atoms with Crippen LogP contribution in [0.3, 0.4) is 0 Å². The second-order valence-corrected chi connectivity index (χ2v) is 21.8. The topological polar surface area (TPSA) is 237 Å². The van der Waals surface area contributed by atoms with Crippen LogP contribution in [0.25, 0.3) is 43.1 Å². The number of sulfonamides is 1. The Hall–Kier alpha value is -7.05. The summed E-state index contributed by atoms with van der Waals surface area (Å²) in [5.74, 6) is 2.49. The summed E-state index contributed by atoms with van der Waals surface area (Å²) in [5, 5.41) is 12.0. The predicted molar refractivity (Wildman–Crippen MR) is 254 cm³/mol. The standard InChI is InChI=1S/C22H16N6O3S2.C15H13N5.C7H4ClNO3S2/c29-33(30,21-6-5-20(32-21)19-9-23-13-31-19)28-10-16-18(11-28)25-12-26-22(16)27-15-7-14-3-1-2-4-17(14)24-8-15;1-2-4-13-10(3-1)5-11(6-17-13)20-15-12-7-16-8-14(12)18-9-19-15;8-14(10,11)7-2-1-6(13-7)5-3-9-4-12-5/h1-9,12-13H,10-11H2,(H,25,26,27);1-6,9,16H,7-8H2,(H,18,19,20);1-4H. The number of anilines is 4. The molecule has 0 bridgehead atoms. The highest BCUT2D eigenvalue weighted by molar-refractivity contribution is 8.15.